The standard InChI is InChI=1S/C12H13NO3S/c1-2-6-17-7-5-13-12(16)9-3-4-10(14)11(15)8-9/h1,3-4,8,14-15H,5-7H2,(H,13,16). The van der Waals surface area contributed by atoms with E-state index in [0.717, 1.165) is 5.75 Å². The van der Waals surface area contributed by atoms with Crippen molar-refractivity contribution in [3.63, 3.8) is 0 Å². The zero-order valence-electron chi connectivity index (χ0n) is 9.14. The number of amides is 1. The van der Waals surface area contributed by atoms with Crippen molar-refractivity contribution in [2.75, 3.05) is 18.1 Å². The van der Waals surface area contributed by atoms with Crippen LogP contribution in [0.5, 0.6) is 11.5 Å². The molecular formula is C12H13NO3S. The predicted octanol–water partition coefficient (Wildman–Crippen LogP) is 1.19. The maximum absolute atomic E-state index is 11.6. The zero-order valence-corrected chi connectivity index (χ0v) is 9.96. The molecule has 0 fully saturated rings. The van der Waals surface area contributed by atoms with Crippen LogP contribution in [0.4, 0.5) is 0 Å². The normalized spacial score (nSPS) is 9.59. The van der Waals surface area contributed by atoms with Gasteiger partial charge in [0.15, 0.2) is 11.5 Å². The Balaban J connectivity index is 2.42. The van der Waals surface area contributed by atoms with E-state index in [0.29, 0.717) is 17.9 Å². The van der Waals surface area contributed by atoms with Crippen LogP contribution >= 0.6 is 11.8 Å². The second kappa shape index (κ2) is 6.71. The molecule has 0 radical (unpaired) electrons. The second-order valence-electron chi connectivity index (χ2n) is 3.22. The Bertz CT molecular complexity index is 440. The van der Waals surface area contributed by atoms with Crippen molar-refractivity contribution in [2.45, 2.75) is 0 Å². The van der Waals surface area contributed by atoms with Crippen molar-refractivity contribution in [1.82, 2.24) is 5.32 Å². The van der Waals surface area contributed by atoms with Gasteiger partial charge in [-0.1, -0.05) is 5.92 Å². The summed E-state index contributed by atoms with van der Waals surface area (Å²) in [5.74, 6) is 3.01. The summed E-state index contributed by atoms with van der Waals surface area (Å²) in [6, 6.07) is 3.94. The van der Waals surface area contributed by atoms with Gasteiger partial charge in [-0.25, -0.2) is 0 Å². The molecule has 0 aliphatic rings. The Morgan fingerprint density at radius 1 is 1.41 bits per heavy atom. The molecule has 0 spiro atoms. The molecule has 4 nitrogen and oxygen atoms in total. The van der Waals surface area contributed by atoms with Crippen molar-refractivity contribution in [3.8, 4) is 23.8 Å². The van der Waals surface area contributed by atoms with Crippen molar-refractivity contribution in [2.24, 2.45) is 0 Å². The quantitative estimate of drug-likeness (QED) is 0.418. The van der Waals surface area contributed by atoms with Crippen LogP contribution in [0.25, 0.3) is 0 Å². The lowest BCUT2D eigenvalue weighted by Crippen LogP contribution is -2.25. The average molecular weight is 251 g/mol. The van der Waals surface area contributed by atoms with Gasteiger partial charge in [-0.2, -0.15) is 0 Å². The summed E-state index contributed by atoms with van der Waals surface area (Å²) < 4.78 is 0. The number of nitrogens with one attached hydrogen (secondary N) is 1. The summed E-state index contributed by atoms with van der Waals surface area (Å²) in [4.78, 5) is 11.6. The molecule has 1 amide bonds. The van der Waals surface area contributed by atoms with Gasteiger partial charge in [0, 0.05) is 17.9 Å². The molecule has 0 heterocycles. The zero-order chi connectivity index (χ0) is 12.7. The monoisotopic (exact) mass is 251 g/mol. The molecule has 0 aliphatic heterocycles. The van der Waals surface area contributed by atoms with E-state index >= 15 is 0 Å². The first-order valence-electron chi connectivity index (χ1n) is 4.96. The third-order valence-electron chi connectivity index (χ3n) is 1.95. The maximum atomic E-state index is 11.6. The van der Waals surface area contributed by atoms with Crippen LogP contribution in [0, 0.1) is 12.3 Å². The molecule has 0 bridgehead atoms. The number of rotatable bonds is 5. The van der Waals surface area contributed by atoms with E-state index in [1.165, 1.54) is 18.2 Å². The fraction of sp³-hybridized carbons (Fsp3) is 0.250. The molecule has 3 N–H and O–H groups in total. The number of phenols is 2. The predicted molar refractivity (Wildman–Crippen MR) is 68.3 cm³/mol. The van der Waals surface area contributed by atoms with Crippen LogP contribution in [-0.4, -0.2) is 34.2 Å². The lowest BCUT2D eigenvalue weighted by Gasteiger charge is -2.05. The molecular weight excluding hydrogens is 238 g/mol. The summed E-state index contributed by atoms with van der Waals surface area (Å²) in [5, 5.41) is 21.0. The molecule has 0 saturated carbocycles. The SMILES string of the molecule is C#CCSCCNC(=O)c1ccc(O)c(O)c1. The summed E-state index contributed by atoms with van der Waals surface area (Å²) in [5.41, 5.74) is 0.308. The number of carbonyl (C=O) groups excluding carboxylic acids is 1. The molecule has 0 atom stereocenters. The highest BCUT2D eigenvalue weighted by Crippen LogP contribution is 2.24. The maximum Gasteiger partial charge on any atom is 0.251 e. The van der Waals surface area contributed by atoms with Crippen LogP contribution in [-0.2, 0) is 0 Å². The first kappa shape index (κ1) is 13.3. The Hall–Kier alpha value is -1.80. The molecule has 90 valence electrons. The van der Waals surface area contributed by atoms with Crippen LogP contribution in [0.15, 0.2) is 18.2 Å². The van der Waals surface area contributed by atoms with E-state index in [1.807, 2.05) is 0 Å². The van der Waals surface area contributed by atoms with Gasteiger partial charge in [0.2, 0.25) is 0 Å². The average Bonchev–Trinajstić information content (AvgIpc) is 2.32. The van der Waals surface area contributed by atoms with E-state index in [9.17, 15) is 9.90 Å². The molecule has 0 unspecified atom stereocenters. The molecule has 1 aromatic carbocycles. The van der Waals surface area contributed by atoms with E-state index in [1.54, 1.807) is 11.8 Å². The topological polar surface area (TPSA) is 69.6 Å². The number of thioether (sulfide) groups is 1. The minimum absolute atomic E-state index is 0.244. The Morgan fingerprint density at radius 2 is 2.18 bits per heavy atom. The number of terminal acetylenes is 1. The first-order valence-corrected chi connectivity index (χ1v) is 6.12. The number of aromatic hydroxyl groups is 2. The highest BCUT2D eigenvalue weighted by atomic mass is 32.2. The van der Waals surface area contributed by atoms with Gasteiger partial charge >= 0.3 is 0 Å². The molecule has 17 heavy (non-hydrogen) atoms. The van der Waals surface area contributed by atoms with Crippen molar-refractivity contribution in [3.05, 3.63) is 23.8 Å². The fourth-order valence-corrected chi connectivity index (χ4v) is 1.64. The Labute approximate surface area is 104 Å². The minimum atomic E-state index is -0.306. The number of hydrogen-bond acceptors (Lipinski definition) is 4. The molecule has 0 aromatic heterocycles. The van der Waals surface area contributed by atoms with E-state index in [4.69, 9.17) is 11.5 Å². The van der Waals surface area contributed by atoms with Gasteiger partial charge in [-0.15, -0.1) is 18.2 Å². The number of phenolic OH excluding ortho intramolecular Hbond substituents is 2. The van der Waals surface area contributed by atoms with Crippen LogP contribution < -0.4 is 5.32 Å². The Kier molecular flexibility index (Phi) is 5.24. The summed E-state index contributed by atoms with van der Waals surface area (Å²) in [6.07, 6.45) is 5.08. The van der Waals surface area contributed by atoms with Crippen molar-refractivity contribution >= 4 is 17.7 Å². The highest BCUT2D eigenvalue weighted by molar-refractivity contribution is 7.99. The van der Waals surface area contributed by atoms with Gasteiger partial charge < -0.3 is 15.5 Å². The molecule has 0 saturated heterocycles. The van der Waals surface area contributed by atoms with Gasteiger partial charge in [0.1, 0.15) is 0 Å². The third-order valence-corrected chi connectivity index (χ3v) is 2.82. The number of hydrogen-bond donors (Lipinski definition) is 3. The van der Waals surface area contributed by atoms with Crippen LogP contribution in [0.2, 0.25) is 0 Å². The number of benzene rings is 1. The highest BCUT2D eigenvalue weighted by Gasteiger charge is 2.07. The minimum Gasteiger partial charge on any atom is -0.504 e. The van der Waals surface area contributed by atoms with Crippen LogP contribution in [0.1, 0.15) is 10.4 Å². The van der Waals surface area contributed by atoms with Crippen LogP contribution in [0.3, 0.4) is 0 Å². The van der Waals surface area contributed by atoms with Crippen molar-refractivity contribution in [1.29, 1.82) is 0 Å². The lowest BCUT2D eigenvalue weighted by atomic mass is 10.2. The lowest BCUT2D eigenvalue weighted by molar-refractivity contribution is 0.0956. The summed E-state index contributed by atoms with van der Waals surface area (Å²) in [6.45, 7) is 0.507. The van der Waals surface area contributed by atoms with Gasteiger partial charge in [0.05, 0.1) is 5.75 Å². The first-order chi connectivity index (χ1) is 8.15. The fourth-order valence-electron chi connectivity index (χ4n) is 1.13. The molecule has 5 heteroatoms. The van der Waals surface area contributed by atoms with Gasteiger partial charge in [0.25, 0.3) is 5.91 Å². The van der Waals surface area contributed by atoms with Gasteiger partial charge in [-0.05, 0) is 18.2 Å². The van der Waals surface area contributed by atoms with E-state index in [-0.39, 0.29) is 17.4 Å². The second-order valence-corrected chi connectivity index (χ2v) is 4.32. The van der Waals surface area contributed by atoms with E-state index < -0.39 is 0 Å². The molecule has 1 rings (SSSR count). The van der Waals surface area contributed by atoms with Crippen molar-refractivity contribution < 1.29 is 15.0 Å². The third kappa shape index (κ3) is 4.29. The smallest absolute Gasteiger partial charge is 0.251 e. The Morgan fingerprint density at radius 3 is 2.82 bits per heavy atom. The molecule has 1 aromatic rings. The summed E-state index contributed by atoms with van der Waals surface area (Å²) >= 11 is 1.56. The largest absolute Gasteiger partial charge is 0.504 e. The van der Waals surface area contributed by atoms with E-state index in [2.05, 4.69) is 11.2 Å². The molecule has 0 aliphatic carbocycles. The van der Waals surface area contributed by atoms with Gasteiger partial charge in [-0.3, -0.25) is 4.79 Å². The summed E-state index contributed by atoms with van der Waals surface area (Å²) in [7, 11) is 0. The number of carbonyl (C=O) groups is 1.